The van der Waals surface area contributed by atoms with Gasteiger partial charge >= 0.3 is 0 Å². The summed E-state index contributed by atoms with van der Waals surface area (Å²) >= 11 is 0. The molecule has 1 saturated carbocycles. The predicted molar refractivity (Wildman–Crippen MR) is 355 cm³/mol. The van der Waals surface area contributed by atoms with Crippen LogP contribution in [0.25, 0.3) is 22.3 Å². The Balaban J connectivity index is 0.000000237. The third kappa shape index (κ3) is 14.4. The number of carbonyl (C=O) groups is 2. The van der Waals surface area contributed by atoms with Gasteiger partial charge in [0, 0.05) is 44.7 Å². The zero-order valence-corrected chi connectivity index (χ0v) is 55.3. The van der Waals surface area contributed by atoms with Crippen LogP contribution in [0.2, 0.25) is 0 Å². The average Bonchev–Trinajstić information content (AvgIpc) is 1.66. The first kappa shape index (κ1) is 65.5. The number of imidazole rings is 1. The lowest BCUT2D eigenvalue weighted by Gasteiger charge is -2.23. The summed E-state index contributed by atoms with van der Waals surface area (Å²) < 4.78 is 89.5. The van der Waals surface area contributed by atoms with Crippen LogP contribution in [0, 0.1) is 27.7 Å². The Hall–Kier alpha value is -8.40. The van der Waals surface area contributed by atoms with Crippen molar-refractivity contribution in [3.63, 3.8) is 0 Å². The van der Waals surface area contributed by atoms with Gasteiger partial charge in [-0.05, 0) is 148 Å². The Morgan fingerprint density at radius 3 is 2.18 bits per heavy atom. The molecule has 2 aliphatic heterocycles. The van der Waals surface area contributed by atoms with Gasteiger partial charge in [-0.3, -0.25) is 24.2 Å². The maximum absolute atomic E-state index is 13.9. The summed E-state index contributed by atoms with van der Waals surface area (Å²) in [7, 11) is -8.18. The molecule has 3 aliphatic rings. The minimum Gasteiger partial charge on any atom is -0.475 e. The average molecular weight is 1280 g/mol. The molecular weight excluding hydrogens is 1190 g/mol. The quantitative estimate of drug-likeness (QED) is 0.0573. The molecule has 5 heterocycles. The molecule has 2 N–H and O–H groups in total. The maximum Gasteiger partial charge on any atom is 0.279 e. The van der Waals surface area contributed by atoms with E-state index in [1.54, 1.807) is 62.4 Å². The monoisotopic (exact) mass is 1280 g/mol. The number of rotatable bonds is 24. The topological polar surface area (TPSA) is 236 Å². The van der Waals surface area contributed by atoms with Gasteiger partial charge in [-0.1, -0.05) is 132 Å². The first-order chi connectivity index (χ1) is 43.7. The van der Waals surface area contributed by atoms with Crippen LogP contribution in [0.3, 0.4) is 0 Å². The Labute approximate surface area is 537 Å². The summed E-state index contributed by atoms with van der Waals surface area (Å²) in [4.78, 5) is 44.3. The SMILES string of the molecule is CCCCC1=NC2(CCCC2)C(=O)N1Cc1ccc(-c2ccccc2S(=O)(=O)Nc2noc(C)c2C)c(COCC)c1.CCCc1cc(Cn2c(CC)nc3c(C)cc(C)nc32)ccc1OC(C(=O)NS(=O)(=O)c1ccc(C(C)C)cc1)c1ccc2c(c1)OCO2.[HH].[HH]. The van der Waals surface area contributed by atoms with Crippen molar-refractivity contribution >= 4 is 54.7 Å². The molecule has 91 heavy (non-hydrogen) atoms. The Morgan fingerprint density at radius 2 is 1.47 bits per heavy atom. The molecule has 1 spiro atoms. The van der Waals surface area contributed by atoms with Crippen LogP contribution in [0.4, 0.5) is 5.82 Å². The number of sulfonamides is 2. The van der Waals surface area contributed by atoms with E-state index >= 15 is 0 Å². The fraction of sp³-hybridized carbons (Fsp3) is 0.400. The molecule has 1 unspecified atom stereocenters. The summed E-state index contributed by atoms with van der Waals surface area (Å²) in [5.41, 5.74) is 10.3. The van der Waals surface area contributed by atoms with E-state index in [9.17, 15) is 26.4 Å². The van der Waals surface area contributed by atoms with Gasteiger partial charge in [-0.2, -0.15) is 0 Å². The maximum atomic E-state index is 13.9. The van der Waals surface area contributed by atoms with Gasteiger partial charge in [-0.15, -0.1) is 0 Å². The van der Waals surface area contributed by atoms with Crippen molar-refractivity contribution in [1.29, 1.82) is 0 Å². The lowest BCUT2D eigenvalue weighted by molar-refractivity contribution is -0.131. The highest BCUT2D eigenvalue weighted by Crippen LogP contribution is 2.42. The number of ether oxygens (including phenoxy) is 4. The normalized spacial score (nSPS) is 14.7. The van der Waals surface area contributed by atoms with E-state index in [1.807, 2.05) is 75.1 Å². The second-order valence-corrected chi connectivity index (χ2v) is 27.3. The van der Waals surface area contributed by atoms with E-state index < -0.39 is 37.6 Å². The van der Waals surface area contributed by atoms with Crippen molar-refractivity contribution in [3.8, 4) is 28.4 Å². The largest absolute Gasteiger partial charge is 0.475 e. The molecule has 5 aromatic carbocycles. The molecule has 19 nitrogen and oxygen atoms in total. The highest BCUT2D eigenvalue weighted by molar-refractivity contribution is 7.92. The van der Waals surface area contributed by atoms with E-state index in [-0.39, 0.29) is 37.1 Å². The number of nitrogens with one attached hydrogen (secondary N) is 2. The van der Waals surface area contributed by atoms with Gasteiger partial charge in [0.25, 0.3) is 31.9 Å². The van der Waals surface area contributed by atoms with Crippen molar-refractivity contribution in [2.75, 3.05) is 18.1 Å². The highest BCUT2D eigenvalue weighted by atomic mass is 32.2. The number of aliphatic imine (C=N–C) groups is 1. The lowest BCUT2D eigenvalue weighted by atomic mass is 9.96. The number of benzene rings is 5. The van der Waals surface area contributed by atoms with E-state index in [0.717, 1.165) is 125 Å². The molecule has 1 atom stereocenters. The predicted octanol–water partition coefficient (Wildman–Crippen LogP) is 14.1. The van der Waals surface area contributed by atoms with E-state index in [4.69, 9.17) is 38.4 Å². The fourth-order valence-electron chi connectivity index (χ4n) is 12.0. The number of unbranched alkanes of at least 4 members (excludes halogenated alkanes) is 1. The van der Waals surface area contributed by atoms with Gasteiger partial charge in [0.15, 0.2) is 23.0 Å². The minimum atomic E-state index is -4.20. The van der Waals surface area contributed by atoms with Crippen LogP contribution >= 0.6 is 0 Å². The van der Waals surface area contributed by atoms with Crippen molar-refractivity contribution in [2.45, 2.75) is 180 Å². The van der Waals surface area contributed by atoms with Crippen molar-refractivity contribution in [1.82, 2.24) is 29.3 Å². The third-order valence-electron chi connectivity index (χ3n) is 17.0. The molecule has 0 radical (unpaired) electrons. The summed E-state index contributed by atoms with van der Waals surface area (Å²) in [5, 5.41) is 3.88. The molecule has 8 aromatic rings. The minimum absolute atomic E-state index is 0. The number of pyridine rings is 1. The number of amidine groups is 1. The number of carbonyl (C=O) groups excluding carboxylic acids is 2. The van der Waals surface area contributed by atoms with Gasteiger partial charge < -0.3 is 28.0 Å². The molecule has 484 valence electrons. The van der Waals surface area contributed by atoms with Crippen molar-refractivity contribution in [2.24, 2.45) is 4.99 Å². The number of anilines is 1. The number of nitrogens with zero attached hydrogens (tertiary/aromatic N) is 6. The molecular formula is C70H86N8O11S2. The summed E-state index contributed by atoms with van der Waals surface area (Å²) in [6, 6.07) is 32.3. The summed E-state index contributed by atoms with van der Waals surface area (Å²) in [6.45, 7) is 21.7. The van der Waals surface area contributed by atoms with Crippen LogP contribution < -0.4 is 23.7 Å². The second-order valence-electron chi connectivity index (χ2n) is 23.9. The van der Waals surface area contributed by atoms with Crippen molar-refractivity contribution < 1.29 is 52.7 Å². The third-order valence-corrected chi connectivity index (χ3v) is 19.7. The van der Waals surface area contributed by atoms with E-state index in [1.165, 1.54) is 12.1 Å². The second kappa shape index (κ2) is 28.0. The number of amides is 2. The smallest absolute Gasteiger partial charge is 0.279 e. The van der Waals surface area contributed by atoms with Crippen LogP contribution in [-0.2, 0) is 66.9 Å². The molecule has 1 aliphatic carbocycles. The van der Waals surface area contributed by atoms with Gasteiger partial charge in [0.05, 0.1) is 29.5 Å². The van der Waals surface area contributed by atoms with Crippen LogP contribution in [0.5, 0.6) is 17.2 Å². The first-order valence-corrected chi connectivity index (χ1v) is 34.5. The summed E-state index contributed by atoms with van der Waals surface area (Å²) in [5.74, 6) is 3.55. The number of fused-ring (bicyclic) bond motifs is 2. The molecule has 2 amide bonds. The highest BCUT2D eigenvalue weighted by Gasteiger charge is 2.49. The number of hydrogen-bond acceptors (Lipinski definition) is 15. The van der Waals surface area contributed by atoms with E-state index in [2.05, 4.69) is 52.9 Å². The number of hydrogen-bond donors (Lipinski definition) is 2. The lowest BCUT2D eigenvalue weighted by Crippen LogP contribution is -2.40. The van der Waals surface area contributed by atoms with E-state index in [0.29, 0.717) is 72.4 Å². The molecule has 3 aromatic heterocycles. The zero-order valence-electron chi connectivity index (χ0n) is 53.6. The van der Waals surface area contributed by atoms with Crippen LogP contribution in [-0.4, -0.2) is 78.0 Å². The molecule has 0 saturated heterocycles. The van der Waals surface area contributed by atoms with Gasteiger partial charge in [0.1, 0.15) is 34.2 Å². The Kier molecular flexibility index (Phi) is 20.2. The Bertz CT molecular complexity index is 4260. The standard InChI is InChI=1S/C38H42N4O6S.C32H40N4O5S.2H2/c1-7-9-28-19-26(21-42-34(8-2)40-35-24(5)18-25(6)39-37(35)42)10-16-31(28)48-36(29-13-17-32-33(20-29)47-22-46-32)38(43)41-49(44,45)30-14-11-27(12-15-30)23(3)4;1-5-7-14-29-33-32(17-10-11-18-32)31(37)36(29)20-24-15-16-26(25(19-24)21-40-6-2)27-12-8-9-13-28(27)42(38,39)35-30-22(3)23(4)41-34-30;;/h10-20,23,36H,7-9,21-22H2,1-6H3,(H,41,43);8-9,12-13,15-16,19H,5-7,10-11,14,17-18,20-21H2,1-4H3,(H,34,35);2*1H. The Morgan fingerprint density at radius 1 is 0.758 bits per heavy atom. The van der Waals surface area contributed by atoms with Crippen LogP contribution in [0.15, 0.2) is 129 Å². The number of aromatic nitrogens is 4. The van der Waals surface area contributed by atoms with Gasteiger partial charge in [0.2, 0.25) is 12.9 Å². The molecule has 21 heteroatoms. The molecule has 11 rings (SSSR count). The molecule has 1 fully saturated rings. The first-order valence-electron chi connectivity index (χ1n) is 31.5. The number of aryl methyl sites for hydroxylation is 5. The van der Waals surface area contributed by atoms with Crippen molar-refractivity contribution in [3.05, 3.63) is 171 Å². The summed E-state index contributed by atoms with van der Waals surface area (Å²) in [6.07, 6.45) is 7.48. The zero-order chi connectivity index (χ0) is 64.8. The molecule has 0 bridgehead atoms. The van der Waals surface area contributed by atoms with Gasteiger partial charge in [-0.25, -0.2) is 31.5 Å². The van der Waals surface area contributed by atoms with Crippen LogP contribution in [0.1, 0.15) is 170 Å². The fourth-order valence-corrected chi connectivity index (χ4v) is 14.2.